The van der Waals surface area contributed by atoms with Gasteiger partial charge in [0, 0.05) is 12.0 Å². The van der Waals surface area contributed by atoms with Crippen LogP contribution in [0.15, 0.2) is 35.5 Å². The van der Waals surface area contributed by atoms with E-state index in [4.69, 9.17) is 4.74 Å². The third-order valence-electron chi connectivity index (χ3n) is 3.68. The molecule has 0 saturated carbocycles. The van der Waals surface area contributed by atoms with E-state index in [1.807, 2.05) is 13.0 Å². The second kappa shape index (κ2) is 5.53. The Hall–Kier alpha value is -1.68. The van der Waals surface area contributed by atoms with Gasteiger partial charge in [-0.25, -0.2) is 4.79 Å². The van der Waals surface area contributed by atoms with Crippen molar-refractivity contribution in [3.05, 3.63) is 35.5 Å². The number of hydrogen-bond donors (Lipinski definition) is 1. The zero-order chi connectivity index (χ0) is 14.0. The summed E-state index contributed by atoms with van der Waals surface area (Å²) in [6, 6.07) is 0. The number of hydrogen-bond acceptors (Lipinski definition) is 4. The molecule has 0 unspecified atom stereocenters. The van der Waals surface area contributed by atoms with E-state index in [9.17, 15) is 14.7 Å². The fraction of sp³-hybridized carbons (Fsp3) is 0.467. The summed E-state index contributed by atoms with van der Waals surface area (Å²) in [4.78, 5) is 22.6. The van der Waals surface area contributed by atoms with Crippen LogP contribution in [0.25, 0.3) is 0 Å². The van der Waals surface area contributed by atoms with Crippen LogP contribution in [0, 0.1) is 5.92 Å². The maximum absolute atomic E-state index is 11.6. The minimum atomic E-state index is -0.796. The molecule has 0 radical (unpaired) electrons. The van der Waals surface area contributed by atoms with E-state index < -0.39 is 24.1 Å². The maximum Gasteiger partial charge on any atom is 0.334 e. The first-order valence-corrected chi connectivity index (χ1v) is 6.42. The first-order valence-electron chi connectivity index (χ1n) is 6.42. The summed E-state index contributed by atoms with van der Waals surface area (Å²) in [5, 5.41) is 10.2. The number of carbonyl (C=O) groups is 2. The van der Waals surface area contributed by atoms with Gasteiger partial charge in [0.25, 0.3) is 0 Å². The molecule has 19 heavy (non-hydrogen) atoms. The van der Waals surface area contributed by atoms with E-state index in [1.165, 1.54) is 0 Å². The Morgan fingerprint density at radius 1 is 1.53 bits per heavy atom. The minimum absolute atomic E-state index is 0.285. The molecule has 1 heterocycles. The molecule has 1 aliphatic heterocycles. The largest absolute Gasteiger partial charge is 0.458 e. The molecule has 4 nitrogen and oxygen atoms in total. The van der Waals surface area contributed by atoms with Crippen molar-refractivity contribution < 1.29 is 19.4 Å². The highest BCUT2D eigenvalue weighted by atomic mass is 16.6. The maximum atomic E-state index is 11.6. The Balaban J connectivity index is 2.35. The van der Waals surface area contributed by atoms with Gasteiger partial charge < -0.3 is 9.84 Å². The molecule has 1 aliphatic carbocycles. The van der Waals surface area contributed by atoms with Crippen LogP contribution in [-0.2, 0) is 14.3 Å². The third-order valence-corrected chi connectivity index (χ3v) is 3.68. The van der Waals surface area contributed by atoms with Crippen molar-refractivity contribution in [1.82, 2.24) is 0 Å². The molecule has 0 bridgehead atoms. The molecule has 1 N–H and O–H groups in total. The molecular formula is C15H18O4. The summed E-state index contributed by atoms with van der Waals surface area (Å²) in [5.74, 6) is -0.950. The average molecular weight is 262 g/mol. The molecule has 1 fully saturated rings. The fourth-order valence-electron chi connectivity index (χ4n) is 2.62. The van der Waals surface area contributed by atoms with Crippen LogP contribution in [0.4, 0.5) is 0 Å². The van der Waals surface area contributed by atoms with Crippen LogP contribution < -0.4 is 0 Å². The van der Waals surface area contributed by atoms with Crippen LogP contribution in [0.1, 0.15) is 26.2 Å². The van der Waals surface area contributed by atoms with Crippen molar-refractivity contribution in [1.29, 1.82) is 0 Å². The summed E-state index contributed by atoms with van der Waals surface area (Å²) in [7, 11) is 0. The Morgan fingerprint density at radius 2 is 2.26 bits per heavy atom. The first-order chi connectivity index (χ1) is 9.02. The van der Waals surface area contributed by atoms with Gasteiger partial charge in [-0.3, -0.25) is 4.79 Å². The summed E-state index contributed by atoms with van der Waals surface area (Å²) in [6.45, 7) is 5.63. The summed E-state index contributed by atoms with van der Waals surface area (Å²) in [6.07, 6.45) is 4.98. The molecule has 2 rings (SSSR count). The number of aldehydes is 1. The normalized spacial score (nSPS) is 32.0. The second-order valence-corrected chi connectivity index (χ2v) is 5.14. The third kappa shape index (κ3) is 2.84. The highest BCUT2D eigenvalue weighted by Crippen LogP contribution is 2.34. The number of carbonyl (C=O) groups excluding carboxylic acids is 2. The predicted octanol–water partition coefficient (Wildman–Crippen LogP) is 1.70. The summed E-state index contributed by atoms with van der Waals surface area (Å²) < 4.78 is 5.22. The summed E-state index contributed by atoms with van der Waals surface area (Å²) >= 11 is 0. The second-order valence-electron chi connectivity index (χ2n) is 5.14. The van der Waals surface area contributed by atoms with E-state index in [0.29, 0.717) is 12.0 Å². The average Bonchev–Trinajstić information content (AvgIpc) is 2.63. The zero-order valence-corrected chi connectivity index (χ0v) is 11.0. The van der Waals surface area contributed by atoms with Crippen molar-refractivity contribution in [2.45, 2.75) is 38.4 Å². The van der Waals surface area contributed by atoms with Gasteiger partial charge >= 0.3 is 5.97 Å². The van der Waals surface area contributed by atoms with Crippen LogP contribution in [0.2, 0.25) is 0 Å². The lowest BCUT2D eigenvalue weighted by Crippen LogP contribution is -2.29. The van der Waals surface area contributed by atoms with Crippen LogP contribution in [-0.4, -0.2) is 29.6 Å². The molecule has 0 amide bonds. The van der Waals surface area contributed by atoms with Gasteiger partial charge in [0.2, 0.25) is 0 Å². The molecule has 102 valence electrons. The molecule has 2 aliphatic rings. The van der Waals surface area contributed by atoms with Gasteiger partial charge in [-0.15, -0.1) is 0 Å². The highest BCUT2D eigenvalue weighted by molar-refractivity contribution is 5.91. The van der Waals surface area contributed by atoms with E-state index in [1.54, 1.807) is 6.08 Å². The molecule has 0 aromatic carbocycles. The number of allylic oxidation sites excluding steroid dienone is 2. The molecule has 3 atom stereocenters. The standard InChI is InChI=1S/C15H18O4/c1-9-4-3-5-11(8-16)7-13-14(12(17)6-9)10(2)15(18)19-13/h5-6,8,12-14,17H,2-4,7H2,1H3/t12-,13-,14+/m1/s1. The topological polar surface area (TPSA) is 63.6 Å². The predicted molar refractivity (Wildman–Crippen MR) is 70.3 cm³/mol. The summed E-state index contributed by atoms with van der Waals surface area (Å²) in [5.41, 5.74) is 1.92. The number of esters is 1. The van der Waals surface area contributed by atoms with Crippen molar-refractivity contribution in [2.24, 2.45) is 5.92 Å². The molecule has 1 saturated heterocycles. The number of rotatable bonds is 1. The number of aliphatic hydroxyl groups is 1. The van der Waals surface area contributed by atoms with Gasteiger partial charge in [0.1, 0.15) is 12.4 Å². The fourth-order valence-corrected chi connectivity index (χ4v) is 2.62. The van der Waals surface area contributed by atoms with E-state index in [0.717, 1.165) is 24.7 Å². The smallest absolute Gasteiger partial charge is 0.334 e. The van der Waals surface area contributed by atoms with Crippen molar-refractivity contribution in [2.75, 3.05) is 0 Å². The van der Waals surface area contributed by atoms with E-state index in [2.05, 4.69) is 6.58 Å². The lowest BCUT2D eigenvalue weighted by molar-refractivity contribution is -0.139. The minimum Gasteiger partial charge on any atom is -0.458 e. The van der Waals surface area contributed by atoms with Crippen LogP contribution in [0.3, 0.4) is 0 Å². The molecule has 0 aromatic rings. The van der Waals surface area contributed by atoms with Gasteiger partial charge in [-0.1, -0.05) is 24.3 Å². The van der Waals surface area contributed by atoms with E-state index in [-0.39, 0.29) is 5.57 Å². The molecular weight excluding hydrogens is 244 g/mol. The Morgan fingerprint density at radius 3 is 2.95 bits per heavy atom. The Bertz CT molecular complexity index is 473. The monoisotopic (exact) mass is 262 g/mol. The van der Waals surface area contributed by atoms with Crippen LogP contribution in [0.5, 0.6) is 0 Å². The molecule has 4 heteroatoms. The number of aliphatic hydroxyl groups excluding tert-OH is 1. The van der Waals surface area contributed by atoms with Crippen molar-refractivity contribution in [3.8, 4) is 0 Å². The van der Waals surface area contributed by atoms with Gasteiger partial charge in [-0.05, 0) is 25.3 Å². The van der Waals surface area contributed by atoms with Crippen molar-refractivity contribution in [3.63, 3.8) is 0 Å². The lowest BCUT2D eigenvalue weighted by atomic mass is 9.86. The number of fused-ring (bicyclic) bond motifs is 1. The van der Waals surface area contributed by atoms with E-state index >= 15 is 0 Å². The Kier molecular flexibility index (Phi) is 4.00. The highest BCUT2D eigenvalue weighted by Gasteiger charge is 2.42. The quantitative estimate of drug-likeness (QED) is 0.338. The Labute approximate surface area is 112 Å². The number of ether oxygens (including phenoxy) is 1. The van der Waals surface area contributed by atoms with Crippen LogP contribution >= 0.6 is 0 Å². The van der Waals surface area contributed by atoms with Crippen molar-refractivity contribution >= 4 is 12.3 Å². The first kappa shape index (κ1) is 13.7. The SMILES string of the molecule is C=C1C(=O)O[C@@H]2CC(C=O)=CCCC(C)=C[C@@H](O)[C@H]12. The zero-order valence-electron chi connectivity index (χ0n) is 11.0. The van der Waals surface area contributed by atoms with Gasteiger partial charge in [0.05, 0.1) is 12.0 Å². The van der Waals surface area contributed by atoms with Gasteiger partial charge in [-0.2, -0.15) is 0 Å². The molecule has 0 aromatic heterocycles. The lowest BCUT2D eigenvalue weighted by Gasteiger charge is -2.22. The molecule has 0 spiro atoms. The van der Waals surface area contributed by atoms with Gasteiger partial charge in [0.15, 0.2) is 0 Å².